The van der Waals surface area contributed by atoms with E-state index in [0.29, 0.717) is 36.7 Å². The van der Waals surface area contributed by atoms with E-state index in [1.165, 1.54) is 16.4 Å². The minimum Gasteiger partial charge on any atom is -0.492 e. The maximum absolute atomic E-state index is 12.8. The van der Waals surface area contributed by atoms with Crippen molar-refractivity contribution in [3.8, 4) is 5.75 Å². The second-order valence-corrected chi connectivity index (χ2v) is 8.37. The normalized spacial score (nSPS) is 11.5. The molecule has 0 saturated carbocycles. The maximum atomic E-state index is 12.8. The zero-order chi connectivity index (χ0) is 20.9. The van der Waals surface area contributed by atoms with Crippen molar-refractivity contribution in [3.05, 3.63) is 53.1 Å². The van der Waals surface area contributed by atoms with Crippen molar-refractivity contribution < 1.29 is 17.9 Å². The lowest BCUT2D eigenvalue weighted by molar-refractivity contribution is 0.102. The van der Waals surface area contributed by atoms with E-state index in [2.05, 4.69) is 5.32 Å². The molecule has 0 heterocycles. The van der Waals surface area contributed by atoms with Gasteiger partial charge in [0.25, 0.3) is 5.91 Å². The van der Waals surface area contributed by atoms with Gasteiger partial charge in [0.15, 0.2) is 0 Å². The van der Waals surface area contributed by atoms with Crippen LogP contribution in [0.3, 0.4) is 0 Å². The average Bonchev–Trinajstić information content (AvgIpc) is 2.66. The number of anilines is 1. The van der Waals surface area contributed by atoms with Gasteiger partial charge < -0.3 is 10.1 Å². The first-order chi connectivity index (χ1) is 13.2. The van der Waals surface area contributed by atoms with Crippen molar-refractivity contribution in [3.63, 3.8) is 0 Å². The first kappa shape index (κ1) is 21.9. The molecule has 7 heteroatoms. The Kier molecular flexibility index (Phi) is 7.21. The zero-order valence-electron chi connectivity index (χ0n) is 17.1. The number of nitrogens with zero attached hydrogens (tertiary/aromatic N) is 1. The number of hydrogen-bond donors (Lipinski definition) is 1. The second-order valence-electron chi connectivity index (χ2n) is 6.43. The summed E-state index contributed by atoms with van der Waals surface area (Å²) in [6, 6.07) is 9.97. The van der Waals surface area contributed by atoms with Gasteiger partial charge in [-0.05, 0) is 62.2 Å². The van der Waals surface area contributed by atoms with Crippen LogP contribution >= 0.6 is 0 Å². The van der Waals surface area contributed by atoms with Crippen LogP contribution in [0.2, 0.25) is 0 Å². The van der Waals surface area contributed by atoms with E-state index in [1.807, 2.05) is 32.9 Å². The molecule has 1 N–H and O–H groups in total. The summed E-state index contributed by atoms with van der Waals surface area (Å²) in [6.07, 6.45) is 0. The summed E-state index contributed by atoms with van der Waals surface area (Å²) in [6.45, 7) is 10.5. The molecular formula is C21H28N2O4S. The van der Waals surface area contributed by atoms with Crippen LogP contribution < -0.4 is 10.1 Å². The van der Waals surface area contributed by atoms with Gasteiger partial charge in [-0.1, -0.05) is 19.9 Å². The molecular weight excluding hydrogens is 376 g/mol. The lowest BCUT2D eigenvalue weighted by Crippen LogP contribution is -2.30. The van der Waals surface area contributed by atoms with Gasteiger partial charge in [0.1, 0.15) is 5.75 Å². The van der Waals surface area contributed by atoms with E-state index in [1.54, 1.807) is 26.0 Å². The maximum Gasteiger partial charge on any atom is 0.255 e. The number of sulfonamides is 1. The van der Waals surface area contributed by atoms with Crippen molar-refractivity contribution >= 4 is 21.6 Å². The van der Waals surface area contributed by atoms with E-state index in [9.17, 15) is 13.2 Å². The molecule has 0 radical (unpaired) electrons. The molecule has 1 amide bonds. The summed E-state index contributed by atoms with van der Waals surface area (Å²) < 4.78 is 32.6. The molecule has 0 unspecified atom stereocenters. The van der Waals surface area contributed by atoms with E-state index >= 15 is 0 Å². The Balaban J connectivity index is 2.43. The molecule has 0 bridgehead atoms. The van der Waals surface area contributed by atoms with Gasteiger partial charge in [-0.25, -0.2) is 8.42 Å². The molecule has 0 aromatic heterocycles. The number of hydrogen-bond acceptors (Lipinski definition) is 4. The Bertz CT molecular complexity index is 951. The van der Waals surface area contributed by atoms with Crippen LogP contribution in [0.4, 0.5) is 5.69 Å². The van der Waals surface area contributed by atoms with Gasteiger partial charge in [0, 0.05) is 18.7 Å². The largest absolute Gasteiger partial charge is 0.492 e. The van der Waals surface area contributed by atoms with Crippen LogP contribution in [0.25, 0.3) is 0 Å². The number of amides is 1. The van der Waals surface area contributed by atoms with E-state index in [0.717, 1.165) is 11.1 Å². The van der Waals surface area contributed by atoms with Gasteiger partial charge >= 0.3 is 0 Å². The van der Waals surface area contributed by atoms with E-state index in [4.69, 9.17) is 4.74 Å². The van der Waals surface area contributed by atoms with Crippen LogP contribution in [0, 0.1) is 13.8 Å². The molecule has 2 aromatic rings. The minimum atomic E-state index is -3.64. The minimum absolute atomic E-state index is 0.120. The predicted molar refractivity (Wildman–Crippen MR) is 112 cm³/mol. The summed E-state index contributed by atoms with van der Waals surface area (Å²) in [7, 11) is -3.64. The fourth-order valence-electron chi connectivity index (χ4n) is 2.84. The molecule has 2 rings (SSSR count). The molecule has 0 fully saturated rings. The van der Waals surface area contributed by atoms with Gasteiger partial charge in [-0.2, -0.15) is 4.31 Å². The molecule has 0 atom stereocenters. The summed E-state index contributed by atoms with van der Waals surface area (Å²) in [5.74, 6) is 0.111. The van der Waals surface area contributed by atoms with Gasteiger partial charge in [-0.3, -0.25) is 4.79 Å². The number of ether oxygens (including phenoxy) is 1. The van der Waals surface area contributed by atoms with Crippen LogP contribution in [0.15, 0.2) is 41.3 Å². The Labute approximate surface area is 167 Å². The lowest BCUT2D eigenvalue weighted by atomic mass is 10.1. The standard InChI is InChI=1S/C21H28N2O4S/c1-6-23(7-2)28(25,26)18-11-12-20(27-8-3)19(14-18)22-21(24)17-10-9-15(4)16(5)13-17/h9-14H,6-8H2,1-5H3,(H,22,24). The molecule has 0 aliphatic carbocycles. The van der Waals surface area contributed by atoms with Crippen molar-refractivity contribution in [1.82, 2.24) is 4.31 Å². The number of nitrogens with one attached hydrogen (secondary N) is 1. The van der Waals surface area contributed by atoms with Crippen molar-refractivity contribution in [2.45, 2.75) is 39.5 Å². The second kappa shape index (κ2) is 9.21. The third kappa shape index (κ3) is 4.72. The Morgan fingerprint density at radius 1 is 1.00 bits per heavy atom. The van der Waals surface area contributed by atoms with Crippen molar-refractivity contribution in [1.29, 1.82) is 0 Å². The SMILES string of the molecule is CCOc1ccc(S(=O)(=O)N(CC)CC)cc1NC(=O)c1ccc(C)c(C)c1. The molecule has 152 valence electrons. The molecule has 0 spiro atoms. The molecule has 0 aliphatic rings. The predicted octanol–water partition coefficient (Wildman–Crippen LogP) is 3.98. The number of rotatable bonds is 8. The first-order valence-corrected chi connectivity index (χ1v) is 10.8. The highest BCUT2D eigenvalue weighted by Crippen LogP contribution is 2.30. The lowest BCUT2D eigenvalue weighted by Gasteiger charge is -2.20. The number of carbonyl (C=O) groups excluding carboxylic acids is 1. The van der Waals surface area contributed by atoms with Gasteiger partial charge in [0.05, 0.1) is 17.2 Å². The van der Waals surface area contributed by atoms with Gasteiger partial charge in [-0.15, -0.1) is 0 Å². The van der Waals surface area contributed by atoms with E-state index in [-0.39, 0.29) is 10.8 Å². The third-order valence-corrected chi connectivity index (χ3v) is 6.66. The Morgan fingerprint density at radius 3 is 2.25 bits per heavy atom. The zero-order valence-corrected chi connectivity index (χ0v) is 17.9. The van der Waals surface area contributed by atoms with Crippen LogP contribution in [0.1, 0.15) is 42.3 Å². The third-order valence-electron chi connectivity index (χ3n) is 4.61. The van der Waals surface area contributed by atoms with Crippen molar-refractivity contribution in [2.24, 2.45) is 0 Å². The monoisotopic (exact) mass is 404 g/mol. The number of benzene rings is 2. The Morgan fingerprint density at radius 2 is 1.68 bits per heavy atom. The highest BCUT2D eigenvalue weighted by molar-refractivity contribution is 7.89. The molecule has 6 nitrogen and oxygen atoms in total. The number of aryl methyl sites for hydroxylation is 2. The topological polar surface area (TPSA) is 75.7 Å². The summed E-state index contributed by atoms with van der Waals surface area (Å²) in [5.41, 5.74) is 2.94. The first-order valence-electron chi connectivity index (χ1n) is 9.40. The molecule has 2 aromatic carbocycles. The van der Waals surface area contributed by atoms with Gasteiger partial charge in [0.2, 0.25) is 10.0 Å². The fourth-order valence-corrected chi connectivity index (χ4v) is 4.32. The molecule has 0 aliphatic heterocycles. The highest BCUT2D eigenvalue weighted by Gasteiger charge is 2.23. The Hall–Kier alpha value is -2.38. The molecule has 0 saturated heterocycles. The van der Waals surface area contributed by atoms with Crippen molar-refractivity contribution in [2.75, 3.05) is 25.0 Å². The van der Waals surface area contributed by atoms with Crippen LogP contribution in [-0.2, 0) is 10.0 Å². The van der Waals surface area contributed by atoms with E-state index < -0.39 is 10.0 Å². The smallest absolute Gasteiger partial charge is 0.255 e. The summed E-state index contributed by atoms with van der Waals surface area (Å²) >= 11 is 0. The summed E-state index contributed by atoms with van der Waals surface area (Å²) in [5, 5.41) is 2.80. The average molecular weight is 405 g/mol. The highest BCUT2D eigenvalue weighted by atomic mass is 32.2. The quantitative estimate of drug-likeness (QED) is 0.722. The molecule has 28 heavy (non-hydrogen) atoms. The fraction of sp³-hybridized carbons (Fsp3) is 0.381. The summed E-state index contributed by atoms with van der Waals surface area (Å²) in [4.78, 5) is 12.8. The number of carbonyl (C=O) groups is 1. The van der Waals surface area contributed by atoms with Crippen LogP contribution in [-0.4, -0.2) is 38.3 Å². The van der Waals surface area contributed by atoms with Crippen LogP contribution in [0.5, 0.6) is 5.75 Å².